The highest BCUT2D eigenvalue weighted by Gasteiger charge is 2.44. The predicted octanol–water partition coefficient (Wildman–Crippen LogP) is 3.61. The molecule has 2 aliphatic carbocycles. The molecule has 2 saturated carbocycles. The molecule has 3 N–H and O–H groups in total. The van der Waals surface area contributed by atoms with Crippen molar-refractivity contribution >= 4 is 22.4 Å². The fourth-order valence-corrected chi connectivity index (χ4v) is 3.98. The van der Waals surface area contributed by atoms with Gasteiger partial charge in [0.1, 0.15) is 5.75 Å². The number of halogens is 1. The average molecular weight is 333 g/mol. The number of fused-ring (bicyclic) bond motifs is 1. The Morgan fingerprint density at radius 1 is 1.22 bits per heavy atom. The topological polar surface area (TPSA) is 68.1 Å². The van der Waals surface area contributed by atoms with Crippen LogP contribution in [0.15, 0.2) is 29.2 Å². The van der Waals surface area contributed by atoms with E-state index in [-0.39, 0.29) is 17.2 Å². The van der Waals surface area contributed by atoms with Crippen molar-refractivity contribution in [1.29, 1.82) is 0 Å². The second kappa shape index (κ2) is 5.53. The summed E-state index contributed by atoms with van der Waals surface area (Å²) in [7, 11) is 0. The Morgan fingerprint density at radius 3 is 2.65 bits per heavy atom. The van der Waals surface area contributed by atoms with Crippen LogP contribution < -0.4 is 16.0 Å². The molecule has 1 heterocycles. The maximum absolute atomic E-state index is 11.8. The molecule has 4 rings (SSSR count). The number of hydrogen-bond donors (Lipinski definition) is 2. The summed E-state index contributed by atoms with van der Waals surface area (Å²) < 4.78 is 6.13. The smallest absolute Gasteiger partial charge is 0.255 e. The number of benzene rings is 1. The van der Waals surface area contributed by atoms with E-state index in [1.165, 1.54) is 12.8 Å². The summed E-state index contributed by atoms with van der Waals surface area (Å²) in [5.41, 5.74) is 6.42. The van der Waals surface area contributed by atoms with E-state index in [9.17, 15) is 4.79 Å². The van der Waals surface area contributed by atoms with Crippen LogP contribution in [0.1, 0.15) is 38.5 Å². The van der Waals surface area contributed by atoms with Gasteiger partial charge in [-0.05, 0) is 68.0 Å². The third-order valence-electron chi connectivity index (χ3n) is 5.37. The number of nitrogens with one attached hydrogen (secondary N) is 1. The van der Waals surface area contributed by atoms with E-state index in [0.717, 1.165) is 37.0 Å². The van der Waals surface area contributed by atoms with Gasteiger partial charge in [0.2, 0.25) is 0 Å². The molecule has 0 bridgehead atoms. The first-order valence-electron chi connectivity index (χ1n) is 8.32. The molecule has 0 radical (unpaired) electrons. The van der Waals surface area contributed by atoms with Crippen molar-refractivity contribution in [3.05, 3.63) is 39.8 Å². The maximum atomic E-state index is 11.8. The summed E-state index contributed by atoms with van der Waals surface area (Å²) in [6.07, 6.45) is 8.34. The fourth-order valence-electron chi connectivity index (χ4n) is 3.77. The van der Waals surface area contributed by atoms with Gasteiger partial charge in [-0.3, -0.25) is 4.79 Å². The molecule has 0 aliphatic heterocycles. The minimum atomic E-state index is -0.133. The van der Waals surface area contributed by atoms with Crippen molar-refractivity contribution in [3.8, 4) is 5.75 Å². The van der Waals surface area contributed by atoms with Gasteiger partial charge in [0.15, 0.2) is 0 Å². The lowest BCUT2D eigenvalue weighted by molar-refractivity contribution is 0.110. The Labute approximate surface area is 140 Å². The number of H-pyrrole nitrogens is 1. The molecule has 23 heavy (non-hydrogen) atoms. The quantitative estimate of drug-likeness (QED) is 0.902. The van der Waals surface area contributed by atoms with Crippen molar-refractivity contribution in [2.75, 3.05) is 0 Å². The molecule has 0 amide bonds. The SMILES string of the molecule is N[C@]1(C2CC2)CC[C@H](Oc2cc3cc[nH]c(=O)c3cc2Cl)CC1. The number of aromatic nitrogens is 1. The van der Waals surface area contributed by atoms with Gasteiger partial charge in [-0.25, -0.2) is 0 Å². The third-order valence-corrected chi connectivity index (χ3v) is 5.67. The Hall–Kier alpha value is -1.52. The standard InChI is InChI=1S/C18H21ClN2O2/c19-15-10-14-11(5-8-21-17(14)22)9-16(15)23-13-3-6-18(20,7-4-13)12-1-2-12/h5,8-10,12-13H,1-4,6-7,20H2,(H,21,22)/t13-,18+. The highest BCUT2D eigenvalue weighted by atomic mass is 35.5. The summed E-state index contributed by atoms with van der Waals surface area (Å²) in [6.45, 7) is 0. The number of ether oxygens (including phenoxy) is 1. The first kappa shape index (κ1) is 15.0. The lowest BCUT2D eigenvalue weighted by Gasteiger charge is -2.37. The van der Waals surface area contributed by atoms with Gasteiger partial charge < -0.3 is 15.5 Å². The van der Waals surface area contributed by atoms with Crippen molar-refractivity contribution in [3.63, 3.8) is 0 Å². The molecule has 5 heteroatoms. The molecule has 2 fully saturated rings. The van der Waals surface area contributed by atoms with E-state index >= 15 is 0 Å². The van der Waals surface area contributed by atoms with Crippen LogP contribution >= 0.6 is 11.6 Å². The van der Waals surface area contributed by atoms with Gasteiger partial charge >= 0.3 is 0 Å². The molecule has 0 saturated heterocycles. The first-order valence-corrected chi connectivity index (χ1v) is 8.69. The summed E-state index contributed by atoms with van der Waals surface area (Å²) in [5.74, 6) is 1.38. The summed E-state index contributed by atoms with van der Waals surface area (Å²) in [6, 6.07) is 5.40. The molecule has 2 aliphatic rings. The number of aromatic amines is 1. The molecule has 1 aromatic carbocycles. The number of hydrogen-bond acceptors (Lipinski definition) is 3. The number of nitrogens with two attached hydrogens (primary N) is 1. The molecule has 4 nitrogen and oxygen atoms in total. The van der Waals surface area contributed by atoms with Crippen molar-refractivity contribution in [1.82, 2.24) is 4.98 Å². The molecule has 0 spiro atoms. The van der Waals surface area contributed by atoms with Gasteiger partial charge in [0, 0.05) is 17.1 Å². The zero-order chi connectivity index (χ0) is 16.0. The van der Waals surface area contributed by atoms with Crippen LogP contribution in [0.5, 0.6) is 5.75 Å². The summed E-state index contributed by atoms with van der Waals surface area (Å²) in [4.78, 5) is 14.5. The van der Waals surface area contributed by atoms with E-state index in [0.29, 0.717) is 16.2 Å². The Bertz CT molecular complexity index is 789. The first-order chi connectivity index (χ1) is 11.0. The number of pyridine rings is 1. The minimum Gasteiger partial charge on any atom is -0.489 e. The molecule has 2 aromatic rings. The highest BCUT2D eigenvalue weighted by molar-refractivity contribution is 6.32. The van der Waals surface area contributed by atoms with Crippen molar-refractivity contribution in [2.45, 2.75) is 50.2 Å². The second-order valence-corrected chi connectivity index (χ2v) is 7.41. The summed E-state index contributed by atoms with van der Waals surface area (Å²) in [5, 5.41) is 1.92. The molecule has 1 aromatic heterocycles. The van der Waals surface area contributed by atoms with Crippen LogP contribution in [0, 0.1) is 5.92 Å². The van der Waals surface area contributed by atoms with E-state index in [1.54, 1.807) is 12.3 Å². The molecule has 0 unspecified atom stereocenters. The van der Waals surface area contributed by atoms with Crippen molar-refractivity contribution < 1.29 is 4.74 Å². The van der Waals surface area contributed by atoms with E-state index in [2.05, 4.69) is 4.98 Å². The van der Waals surface area contributed by atoms with Gasteiger partial charge in [0.05, 0.1) is 11.1 Å². The Morgan fingerprint density at radius 2 is 1.96 bits per heavy atom. The van der Waals surface area contributed by atoms with Crippen LogP contribution in [0.25, 0.3) is 10.8 Å². The Kier molecular flexibility index (Phi) is 3.62. The largest absolute Gasteiger partial charge is 0.489 e. The zero-order valence-electron chi connectivity index (χ0n) is 13.0. The van der Waals surface area contributed by atoms with Crippen LogP contribution in [-0.2, 0) is 0 Å². The van der Waals surface area contributed by atoms with Crippen LogP contribution in [0.2, 0.25) is 5.02 Å². The fraction of sp³-hybridized carbons (Fsp3) is 0.500. The number of rotatable bonds is 3. The Balaban J connectivity index is 1.52. The van der Waals surface area contributed by atoms with Gasteiger partial charge in [-0.1, -0.05) is 11.6 Å². The third kappa shape index (κ3) is 2.86. The molecule has 122 valence electrons. The molecular weight excluding hydrogens is 312 g/mol. The van der Waals surface area contributed by atoms with Crippen molar-refractivity contribution in [2.24, 2.45) is 11.7 Å². The van der Waals surface area contributed by atoms with Gasteiger partial charge in [0.25, 0.3) is 5.56 Å². The van der Waals surface area contributed by atoms with Crippen LogP contribution in [0.4, 0.5) is 0 Å². The van der Waals surface area contributed by atoms with Crippen LogP contribution in [-0.4, -0.2) is 16.6 Å². The second-order valence-electron chi connectivity index (χ2n) is 7.00. The normalized spacial score (nSPS) is 28.0. The predicted molar refractivity (Wildman–Crippen MR) is 92.1 cm³/mol. The minimum absolute atomic E-state index is 0.0281. The average Bonchev–Trinajstić information content (AvgIpc) is 3.37. The highest BCUT2D eigenvalue weighted by Crippen LogP contribution is 2.46. The van der Waals surface area contributed by atoms with Crippen LogP contribution in [0.3, 0.4) is 0 Å². The molecular formula is C18H21ClN2O2. The monoisotopic (exact) mass is 332 g/mol. The lowest BCUT2D eigenvalue weighted by Crippen LogP contribution is -2.47. The van der Waals surface area contributed by atoms with E-state index in [4.69, 9.17) is 22.1 Å². The zero-order valence-corrected chi connectivity index (χ0v) is 13.7. The van der Waals surface area contributed by atoms with E-state index in [1.807, 2.05) is 12.1 Å². The summed E-state index contributed by atoms with van der Waals surface area (Å²) >= 11 is 6.31. The van der Waals surface area contributed by atoms with Gasteiger partial charge in [-0.15, -0.1) is 0 Å². The van der Waals surface area contributed by atoms with Gasteiger partial charge in [-0.2, -0.15) is 0 Å². The molecule has 0 atom stereocenters. The maximum Gasteiger partial charge on any atom is 0.255 e. The van der Waals surface area contributed by atoms with E-state index < -0.39 is 0 Å². The lowest BCUT2D eigenvalue weighted by atomic mass is 9.78.